The molecule has 184 valence electrons. The van der Waals surface area contributed by atoms with Crippen LogP contribution in [-0.2, 0) is 9.53 Å². The van der Waals surface area contributed by atoms with Crippen LogP contribution in [0.15, 0.2) is 67.1 Å². The molecule has 1 atom stereocenters. The topological polar surface area (TPSA) is 111 Å². The fourth-order valence-electron chi connectivity index (χ4n) is 3.88. The number of methoxy groups -OCH3 is 1. The highest BCUT2D eigenvalue weighted by Crippen LogP contribution is 2.29. The van der Waals surface area contributed by atoms with E-state index in [-0.39, 0.29) is 17.9 Å². The lowest BCUT2D eigenvalue weighted by molar-refractivity contribution is -0.117. The molecule has 4 aromatic rings. The molecule has 4 rings (SSSR count). The van der Waals surface area contributed by atoms with Crippen molar-refractivity contribution >= 4 is 23.1 Å². The Bertz CT molecular complexity index is 1430. The Morgan fingerprint density at radius 2 is 1.89 bits per heavy atom. The predicted molar refractivity (Wildman–Crippen MR) is 138 cm³/mol. The van der Waals surface area contributed by atoms with Crippen LogP contribution >= 0.6 is 0 Å². The second-order valence-electron chi connectivity index (χ2n) is 8.39. The first-order chi connectivity index (χ1) is 17.4. The maximum Gasteiger partial charge on any atom is 0.256 e. The fourth-order valence-corrected chi connectivity index (χ4v) is 3.88. The van der Waals surface area contributed by atoms with Gasteiger partial charge in [0.25, 0.3) is 5.91 Å². The van der Waals surface area contributed by atoms with Crippen LogP contribution in [0.3, 0.4) is 0 Å². The molecule has 0 bridgehead atoms. The summed E-state index contributed by atoms with van der Waals surface area (Å²) in [6.45, 7) is 6.09. The number of aryl methyl sites for hydroxylation is 2. The number of ether oxygens (including phenoxy) is 1. The van der Waals surface area contributed by atoms with E-state index in [1.807, 2.05) is 55.6 Å². The average molecular weight is 485 g/mol. The lowest BCUT2D eigenvalue weighted by Crippen LogP contribution is -2.26. The van der Waals surface area contributed by atoms with Crippen molar-refractivity contribution in [3.8, 4) is 11.3 Å². The second kappa shape index (κ2) is 10.9. The van der Waals surface area contributed by atoms with E-state index in [1.54, 1.807) is 37.7 Å². The third-order valence-electron chi connectivity index (χ3n) is 5.62. The zero-order chi connectivity index (χ0) is 25.7. The van der Waals surface area contributed by atoms with Crippen LogP contribution in [0.25, 0.3) is 16.8 Å². The molecule has 3 heterocycles. The van der Waals surface area contributed by atoms with E-state index in [4.69, 9.17) is 9.72 Å². The van der Waals surface area contributed by atoms with Gasteiger partial charge in [-0.1, -0.05) is 18.2 Å². The predicted octanol–water partition coefficient (Wildman–Crippen LogP) is 4.04. The number of carbonyl (C=O) groups excluding carboxylic acids is 2. The number of fused-ring (bicyclic) bond motifs is 1. The summed E-state index contributed by atoms with van der Waals surface area (Å²) in [5.74, 6) is 0.697. The minimum atomic E-state index is -0.361. The quantitative estimate of drug-likeness (QED) is 0.365. The number of carbonyl (C=O) groups is 2. The molecule has 3 aromatic heterocycles. The van der Waals surface area contributed by atoms with Gasteiger partial charge in [-0.15, -0.1) is 0 Å². The first-order valence-electron chi connectivity index (χ1n) is 11.5. The van der Waals surface area contributed by atoms with Crippen molar-refractivity contribution in [3.63, 3.8) is 0 Å². The highest BCUT2D eigenvalue weighted by atomic mass is 16.5. The Kier molecular flexibility index (Phi) is 7.50. The number of benzene rings is 1. The molecule has 0 aliphatic heterocycles. The lowest BCUT2D eigenvalue weighted by atomic mass is 10.1. The standard InChI is InChI=1S/C27H28N6O3/c1-17-11-12-29-22(16-17)31-27(35)21-9-7-20(8-10-21)24-25-18(2)28-13-14-33(25)26(32-24)19(3)30-23(34)6-5-15-36-4/h5-14,16,19H,15H2,1-4H3,(H,30,34)(H,29,31,35)/b6-5+/t19-/m0/s1. The third kappa shape index (κ3) is 5.47. The Hall–Kier alpha value is -4.37. The van der Waals surface area contributed by atoms with Gasteiger partial charge < -0.3 is 15.4 Å². The molecule has 0 radical (unpaired) electrons. The van der Waals surface area contributed by atoms with Gasteiger partial charge in [-0.2, -0.15) is 0 Å². The first-order valence-corrected chi connectivity index (χ1v) is 11.5. The minimum Gasteiger partial charge on any atom is -0.381 e. The summed E-state index contributed by atoms with van der Waals surface area (Å²) in [5, 5.41) is 5.76. The van der Waals surface area contributed by atoms with Crippen LogP contribution in [0.1, 0.15) is 40.4 Å². The molecule has 0 fully saturated rings. The monoisotopic (exact) mass is 484 g/mol. The zero-order valence-electron chi connectivity index (χ0n) is 20.6. The molecule has 2 amide bonds. The van der Waals surface area contributed by atoms with Gasteiger partial charge in [-0.25, -0.2) is 9.97 Å². The number of imidazole rings is 1. The van der Waals surface area contributed by atoms with Crippen molar-refractivity contribution < 1.29 is 14.3 Å². The van der Waals surface area contributed by atoms with Crippen LogP contribution in [0.2, 0.25) is 0 Å². The summed E-state index contributed by atoms with van der Waals surface area (Å²) < 4.78 is 6.88. The smallest absolute Gasteiger partial charge is 0.256 e. The van der Waals surface area contributed by atoms with E-state index in [0.29, 0.717) is 23.8 Å². The number of amides is 2. The maximum atomic E-state index is 12.7. The second-order valence-corrected chi connectivity index (χ2v) is 8.39. The SMILES string of the molecule is COC/C=C/C(=O)N[C@@H](C)c1nc(-c2ccc(C(=O)Nc3cc(C)ccn3)cc2)c2c(C)nccn12. The van der Waals surface area contributed by atoms with E-state index < -0.39 is 0 Å². The summed E-state index contributed by atoms with van der Waals surface area (Å²) in [7, 11) is 1.57. The average Bonchev–Trinajstić information content (AvgIpc) is 3.25. The molecular formula is C27H28N6O3. The molecule has 0 aliphatic carbocycles. The normalized spacial score (nSPS) is 12.1. The summed E-state index contributed by atoms with van der Waals surface area (Å²) in [4.78, 5) is 38.5. The number of nitrogens with zero attached hydrogens (tertiary/aromatic N) is 4. The summed E-state index contributed by atoms with van der Waals surface area (Å²) in [5.41, 5.74) is 4.71. The first kappa shape index (κ1) is 24.7. The fraction of sp³-hybridized carbons (Fsp3) is 0.222. The van der Waals surface area contributed by atoms with Crippen molar-refractivity contribution in [2.24, 2.45) is 0 Å². The molecule has 2 N–H and O–H groups in total. The van der Waals surface area contributed by atoms with Gasteiger partial charge in [-0.3, -0.25) is 19.0 Å². The minimum absolute atomic E-state index is 0.234. The van der Waals surface area contributed by atoms with Gasteiger partial charge in [-0.05, 0) is 50.6 Å². The van der Waals surface area contributed by atoms with E-state index in [1.165, 1.54) is 6.08 Å². The lowest BCUT2D eigenvalue weighted by Gasteiger charge is -2.11. The van der Waals surface area contributed by atoms with Gasteiger partial charge in [0, 0.05) is 42.9 Å². The van der Waals surface area contributed by atoms with Gasteiger partial charge in [0.05, 0.1) is 29.6 Å². The number of pyridine rings is 1. The Morgan fingerprint density at radius 1 is 1.11 bits per heavy atom. The third-order valence-corrected chi connectivity index (χ3v) is 5.62. The maximum absolute atomic E-state index is 12.7. The van der Waals surface area contributed by atoms with E-state index in [0.717, 1.165) is 28.0 Å². The van der Waals surface area contributed by atoms with Gasteiger partial charge >= 0.3 is 0 Å². The number of hydrogen-bond acceptors (Lipinski definition) is 6. The Balaban J connectivity index is 1.61. The van der Waals surface area contributed by atoms with Gasteiger partial charge in [0.15, 0.2) is 0 Å². The number of hydrogen-bond donors (Lipinski definition) is 2. The molecule has 0 saturated carbocycles. The Morgan fingerprint density at radius 3 is 2.61 bits per heavy atom. The van der Waals surface area contributed by atoms with Crippen LogP contribution in [-0.4, -0.2) is 44.9 Å². The molecule has 1 aromatic carbocycles. The summed E-state index contributed by atoms with van der Waals surface area (Å²) >= 11 is 0. The van der Waals surface area contributed by atoms with Crippen molar-refractivity contribution in [1.82, 2.24) is 24.7 Å². The van der Waals surface area contributed by atoms with Crippen molar-refractivity contribution in [3.05, 3.63) is 89.8 Å². The van der Waals surface area contributed by atoms with E-state index in [9.17, 15) is 9.59 Å². The van der Waals surface area contributed by atoms with Gasteiger partial charge in [0.2, 0.25) is 5.91 Å². The Labute approximate surface area is 209 Å². The van der Waals surface area contributed by atoms with Crippen LogP contribution in [0, 0.1) is 13.8 Å². The molecule has 0 unspecified atom stereocenters. The molecule has 9 nitrogen and oxygen atoms in total. The molecular weight excluding hydrogens is 456 g/mol. The number of nitrogens with one attached hydrogen (secondary N) is 2. The largest absolute Gasteiger partial charge is 0.381 e. The van der Waals surface area contributed by atoms with Crippen molar-refractivity contribution in [2.45, 2.75) is 26.8 Å². The zero-order valence-corrected chi connectivity index (χ0v) is 20.6. The number of aromatic nitrogens is 4. The number of anilines is 1. The highest BCUT2D eigenvalue weighted by Gasteiger charge is 2.20. The summed E-state index contributed by atoms with van der Waals surface area (Å²) in [6.07, 6.45) is 8.29. The number of rotatable bonds is 8. The highest BCUT2D eigenvalue weighted by molar-refractivity contribution is 6.04. The molecule has 9 heteroatoms. The molecule has 0 spiro atoms. The summed E-state index contributed by atoms with van der Waals surface area (Å²) in [6, 6.07) is 10.5. The van der Waals surface area contributed by atoms with Crippen LogP contribution in [0.5, 0.6) is 0 Å². The van der Waals surface area contributed by atoms with Crippen LogP contribution < -0.4 is 10.6 Å². The van der Waals surface area contributed by atoms with Crippen molar-refractivity contribution in [2.75, 3.05) is 19.0 Å². The van der Waals surface area contributed by atoms with Gasteiger partial charge in [0.1, 0.15) is 11.6 Å². The molecule has 36 heavy (non-hydrogen) atoms. The van der Waals surface area contributed by atoms with E-state index >= 15 is 0 Å². The molecule has 0 aliphatic rings. The van der Waals surface area contributed by atoms with Crippen LogP contribution in [0.4, 0.5) is 5.82 Å². The van der Waals surface area contributed by atoms with E-state index in [2.05, 4.69) is 20.6 Å². The van der Waals surface area contributed by atoms with Crippen molar-refractivity contribution in [1.29, 1.82) is 0 Å². The molecule has 0 saturated heterocycles.